The Hall–Kier alpha value is -4.06. The van der Waals surface area contributed by atoms with Crippen molar-refractivity contribution < 1.29 is 81.3 Å². The molecule has 0 amide bonds. The lowest BCUT2D eigenvalue weighted by atomic mass is 9.32. The van der Waals surface area contributed by atoms with Gasteiger partial charge in [-0.3, -0.25) is 28.8 Å². The van der Waals surface area contributed by atoms with Crippen LogP contribution in [0.4, 0.5) is 0 Å². The van der Waals surface area contributed by atoms with Crippen LogP contribution in [-0.4, -0.2) is 105 Å². The molecule has 15 atom stereocenters. The van der Waals surface area contributed by atoms with E-state index in [4.69, 9.17) is 42.3 Å². The van der Waals surface area contributed by atoms with Gasteiger partial charge in [-0.15, -0.1) is 0 Å². The molecule has 4 aliphatic carbocycles. The zero-order valence-electron chi connectivity index (χ0n) is 32.7. The van der Waals surface area contributed by atoms with Crippen LogP contribution in [0.5, 0.6) is 0 Å². The first-order valence-corrected chi connectivity index (χ1v) is 18.9. The monoisotopic (exact) mass is 788 g/mol. The molecule has 306 valence electrons. The molecule has 1 aromatic rings. The first-order valence-electron chi connectivity index (χ1n) is 18.9. The molecule has 1 aromatic heterocycles. The molecule has 2 unspecified atom stereocenters. The second-order valence-corrected chi connectivity index (χ2v) is 17.7. The van der Waals surface area contributed by atoms with E-state index in [-0.39, 0.29) is 12.8 Å². The molecule has 56 heavy (non-hydrogen) atoms. The molecule has 17 nitrogen and oxygen atoms in total. The molecule has 17 heteroatoms. The summed E-state index contributed by atoms with van der Waals surface area (Å²) in [5, 5.41) is 28.4. The topological polar surface area (TPSA) is 230 Å². The molecule has 0 aromatic carbocycles. The second-order valence-electron chi connectivity index (χ2n) is 17.7. The zero-order valence-corrected chi connectivity index (χ0v) is 32.7. The average Bonchev–Trinajstić information content (AvgIpc) is 3.89. The first-order chi connectivity index (χ1) is 26.0. The third-order valence-corrected chi connectivity index (χ3v) is 14.8. The summed E-state index contributed by atoms with van der Waals surface area (Å²) in [7, 11) is 0. The van der Waals surface area contributed by atoms with E-state index < -0.39 is 142 Å². The summed E-state index contributed by atoms with van der Waals surface area (Å²) >= 11 is 0. The summed E-state index contributed by atoms with van der Waals surface area (Å²) in [6, 6.07) is 1.55. The summed E-state index contributed by atoms with van der Waals surface area (Å²) in [4.78, 5) is 80.1. The van der Waals surface area contributed by atoms with Crippen LogP contribution in [0.25, 0.3) is 0 Å². The SMILES string of the molecule is CC(=O)O[C@@H]1[C@H](OC(C)=O)[C@@](C)([C@@H](OC(C)=O)c2ccoc2)C2CC3(C(C)C)O[C@@H]4[C@@]5(OC(C)=O)[C@@H](OC(C)=O)[C@]6(C)C[C@@]5(O)[C@]5(COC(=O)C[C@@H]65)[C@]1(O)[C@@]24O3. The molecule has 7 fully saturated rings. The van der Waals surface area contributed by atoms with Crippen LogP contribution in [0.1, 0.15) is 93.2 Å². The van der Waals surface area contributed by atoms with Crippen LogP contribution < -0.4 is 0 Å². The third kappa shape index (κ3) is 4.05. The lowest BCUT2D eigenvalue weighted by Crippen LogP contribution is -2.98. The molecule has 0 radical (unpaired) electrons. The molecule has 4 bridgehead atoms. The highest BCUT2D eigenvalue weighted by atomic mass is 16.8. The van der Waals surface area contributed by atoms with E-state index in [1.165, 1.54) is 19.5 Å². The number of hydrogen-bond acceptors (Lipinski definition) is 17. The number of carbonyl (C=O) groups is 6. The van der Waals surface area contributed by atoms with Crippen molar-refractivity contribution in [3.05, 3.63) is 24.2 Å². The van der Waals surface area contributed by atoms with Gasteiger partial charge in [0.15, 0.2) is 24.1 Å². The highest BCUT2D eigenvalue weighted by Gasteiger charge is 3.05. The minimum atomic E-state index is -2.73. The number of hydrogen-bond donors (Lipinski definition) is 2. The van der Waals surface area contributed by atoms with Gasteiger partial charge in [-0.25, -0.2) is 0 Å². The van der Waals surface area contributed by atoms with Crippen molar-refractivity contribution in [2.24, 2.45) is 34.0 Å². The van der Waals surface area contributed by atoms with Gasteiger partial charge in [0.1, 0.15) is 35.6 Å². The predicted molar refractivity (Wildman–Crippen MR) is 181 cm³/mol. The highest BCUT2D eigenvalue weighted by Crippen LogP contribution is 2.88. The van der Waals surface area contributed by atoms with Crippen LogP contribution in [0.3, 0.4) is 0 Å². The smallest absolute Gasteiger partial charge is 0.306 e. The molecule has 2 N–H and O–H groups in total. The maximum Gasteiger partial charge on any atom is 0.306 e. The number of furan rings is 1. The largest absolute Gasteiger partial charge is 0.472 e. The Morgan fingerprint density at radius 2 is 1.52 bits per heavy atom. The van der Waals surface area contributed by atoms with Gasteiger partial charge in [-0.1, -0.05) is 27.7 Å². The molecule has 7 aliphatic rings. The molecule has 2 spiro atoms. The van der Waals surface area contributed by atoms with Crippen molar-refractivity contribution in [2.75, 3.05) is 6.61 Å². The van der Waals surface area contributed by atoms with Crippen molar-refractivity contribution in [3.63, 3.8) is 0 Å². The van der Waals surface area contributed by atoms with Crippen molar-refractivity contribution in [2.45, 2.75) is 140 Å². The van der Waals surface area contributed by atoms with Gasteiger partial charge in [0.2, 0.25) is 5.60 Å². The Labute approximate surface area is 321 Å². The van der Waals surface area contributed by atoms with Gasteiger partial charge in [0.05, 0.1) is 23.4 Å². The Balaban J connectivity index is 1.56. The molecule has 4 heterocycles. The lowest BCUT2D eigenvalue weighted by Gasteiger charge is -2.77. The number of carbonyl (C=O) groups excluding carboxylic acids is 6. The molecule has 4 saturated carbocycles. The van der Waals surface area contributed by atoms with E-state index in [2.05, 4.69) is 0 Å². The Bertz CT molecular complexity index is 1930. The summed E-state index contributed by atoms with van der Waals surface area (Å²) in [5.74, 6) is -9.46. The number of rotatable bonds is 8. The predicted octanol–water partition coefficient (Wildman–Crippen LogP) is 1.98. The van der Waals surface area contributed by atoms with Crippen LogP contribution in [0.15, 0.2) is 23.0 Å². The van der Waals surface area contributed by atoms with Crippen molar-refractivity contribution in [3.8, 4) is 0 Å². The fourth-order valence-electron chi connectivity index (χ4n) is 13.4. The van der Waals surface area contributed by atoms with Crippen LogP contribution in [0, 0.1) is 34.0 Å². The molecule has 8 rings (SSSR count). The molecular weight excluding hydrogens is 740 g/mol. The van der Waals surface area contributed by atoms with E-state index in [1.807, 2.05) is 0 Å². The zero-order chi connectivity index (χ0) is 41.0. The van der Waals surface area contributed by atoms with Crippen LogP contribution in [-0.2, 0) is 66.7 Å². The van der Waals surface area contributed by atoms with Crippen molar-refractivity contribution >= 4 is 35.8 Å². The standard InChI is InChI=1S/C39H48O17/c1-17(2)35-13-25-33(9,27(50-18(3)40)23-10-11-48-14-23)28(51-19(4)41)29(52-20(5)42)39(47)34-16-49-26(45)12-24(34)32(8)15-36(34,46)38(54-22(7)44,30(32)53-21(6)43)31(55-35)37(25,39)56-35/h10-11,14,17,24-25,27-31,46-47H,12-13,15-16H2,1-9H3/t24-,25?,27-,28-,29+,30-,31-,32+,33+,34+,35?,36+,37+,38-,39-/m0/s1. The quantitative estimate of drug-likeness (QED) is 0.283. The summed E-state index contributed by atoms with van der Waals surface area (Å²) in [5.41, 5.74) is -14.9. The van der Waals surface area contributed by atoms with Crippen LogP contribution >= 0.6 is 0 Å². The Morgan fingerprint density at radius 1 is 0.875 bits per heavy atom. The highest BCUT2D eigenvalue weighted by molar-refractivity contribution is 5.75. The first kappa shape index (κ1) is 38.8. The van der Waals surface area contributed by atoms with E-state index in [1.54, 1.807) is 33.8 Å². The molecular formula is C39H48O17. The van der Waals surface area contributed by atoms with Gasteiger partial charge in [-0.2, -0.15) is 0 Å². The summed E-state index contributed by atoms with van der Waals surface area (Å²) in [6.07, 6.45) is -6.37. The van der Waals surface area contributed by atoms with E-state index >= 15 is 0 Å². The number of esters is 6. The summed E-state index contributed by atoms with van der Waals surface area (Å²) < 4.78 is 56.7. The number of cyclic esters (lactones) is 1. The Kier molecular flexibility index (Phi) is 7.99. The maximum atomic E-state index is 14.5. The minimum absolute atomic E-state index is 0.0786. The fraction of sp³-hybridized carbons (Fsp3) is 0.744. The van der Waals surface area contributed by atoms with Gasteiger partial charge in [0, 0.05) is 70.3 Å². The average molecular weight is 789 g/mol. The van der Waals surface area contributed by atoms with Crippen molar-refractivity contribution in [1.82, 2.24) is 0 Å². The number of fused-ring (bicyclic) bond motifs is 4. The van der Waals surface area contributed by atoms with Gasteiger partial charge >= 0.3 is 35.8 Å². The fourth-order valence-corrected chi connectivity index (χ4v) is 13.4. The van der Waals surface area contributed by atoms with E-state index in [0.717, 1.165) is 27.7 Å². The molecule has 3 saturated heterocycles. The van der Waals surface area contributed by atoms with E-state index in [9.17, 15) is 39.0 Å². The van der Waals surface area contributed by atoms with Crippen molar-refractivity contribution in [1.29, 1.82) is 0 Å². The maximum absolute atomic E-state index is 14.5. The van der Waals surface area contributed by atoms with Gasteiger partial charge < -0.3 is 52.5 Å². The number of aliphatic hydroxyl groups is 2. The summed E-state index contributed by atoms with van der Waals surface area (Å²) in [6.45, 7) is 11.8. The van der Waals surface area contributed by atoms with Crippen LogP contribution in [0.2, 0.25) is 0 Å². The lowest BCUT2D eigenvalue weighted by molar-refractivity contribution is -0.449. The normalized spacial score (nSPS) is 48.0. The molecule has 3 aliphatic heterocycles. The second kappa shape index (κ2) is 11.5. The van der Waals surface area contributed by atoms with Gasteiger partial charge in [-0.05, 0) is 18.4 Å². The van der Waals surface area contributed by atoms with Gasteiger partial charge in [0.25, 0.3) is 0 Å². The third-order valence-electron chi connectivity index (χ3n) is 14.8. The number of ether oxygens (including phenoxy) is 8. The minimum Gasteiger partial charge on any atom is -0.472 e. The Morgan fingerprint density at radius 3 is 2.07 bits per heavy atom. The van der Waals surface area contributed by atoms with E-state index in [0.29, 0.717) is 5.56 Å².